The molecule has 1 aliphatic carbocycles. The van der Waals surface area contributed by atoms with Gasteiger partial charge in [0.25, 0.3) is 0 Å². The number of carbonyl (C=O) groups excluding carboxylic acids is 1. The number of benzene rings is 1. The molecule has 1 aromatic carbocycles. The normalized spacial score (nSPS) is 23.4. The zero-order chi connectivity index (χ0) is 13.7. The van der Waals surface area contributed by atoms with Crippen molar-refractivity contribution in [2.75, 3.05) is 6.61 Å². The number of ketones is 1. The summed E-state index contributed by atoms with van der Waals surface area (Å²) in [6, 6.07) is 8.10. The van der Waals surface area contributed by atoms with E-state index in [0.717, 1.165) is 50.0 Å². The molecule has 2 atom stereocenters. The minimum absolute atomic E-state index is 0.112. The predicted molar refractivity (Wildman–Crippen MR) is 77.6 cm³/mol. The third-order valence-corrected chi connectivity index (χ3v) is 3.94. The molecule has 2 nitrogen and oxygen atoms in total. The molecule has 19 heavy (non-hydrogen) atoms. The van der Waals surface area contributed by atoms with Crippen LogP contribution in [0.25, 0.3) is 0 Å². The number of hydrogen-bond donors (Lipinski definition) is 0. The summed E-state index contributed by atoms with van der Waals surface area (Å²) in [7, 11) is 0. The first-order valence-electron chi connectivity index (χ1n) is 7.46. The molecular formula is C17H24O2. The summed E-state index contributed by atoms with van der Waals surface area (Å²) >= 11 is 0. The van der Waals surface area contributed by atoms with E-state index in [4.69, 9.17) is 4.74 Å². The summed E-state index contributed by atoms with van der Waals surface area (Å²) in [6.07, 6.45) is 5.12. The van der Waals surface area contributed by atoms with Crippen LogP contribution >= 0.6 is 0 Å². The number of hydrogen-bond acceptors (Lipinski definition) is 2. The number of carbonyl (C=O) groups is 1. The molecule has 1 aliphatic rings. The highest BCUT2D eigenvalue weighted by Crippen LogP contribution is 2.33. The average Bonchev–Trinajstić information content (AvgIpc) is 2.40. The lowest BCUT2D eigenvalue weighted by atomic mass is 9.78. The van der Waals surface area contributed by atoms with E-state index in [-0.39, 0.29) is 5.92 Å². The quantitative estimate of drug-likeness (QED) is 0.736. The lowest BCUT2D eigenvalue weighted by molar-refractivity contribution is -0.123. The van der Waals surface area contributed by atoms with E-state index in [1.807, 2.05) is 12.1 Å². The lowest BCUT2D eigenvalue weighted by Crippen LogP contribution is -2.21. The SMILES string of the molecule is CCCCOc1ccc(C2CCC(C)CC2=O)cc1. The van der Waals surface area contributed by atoms with E-state index in [1.165, 1.54) is 0 Å². The molecule has 2 unspecified atom stereocenters. The van der Waals surface area contributed by atoms with Gasteiger partial charge < -0.3 is 4.74 Å². The molecule has 1 saturated carbocycles. The van der Waals surface area contributed by atoms with Gasteiger partial charge in [0.15, 0.2) is 0 Å². The molecule has 2 heteroatoms. The van der Waals surface area contributed by atoms with Crippen molar-refractivity contribution in [1.82, 2.24) is 0 Å². The van der Waals surface area contributed by atoms with Crippen molar-refractivity contribution in [3.63, 3.8) is 0 Å². The Morgan fingerprint density at radius 1 is 1.21 bits per heavy atom. The smallest absolute Gasteiger partial charge is 0.140 e. The average molecular weight is 260 g/mol. The highest BCUT2D eigenvalue weighted by Gasteiger charge is 2.27. The molecule has 104 valence electrons. The molecule has 0 aliphatic heterocycles. The third-order valence-electron chi connectivity index (χ3n) is 3.94. The van der Waals surface area contributed by atoms with Crippen molar-refractivity contribution >= 4 is 5.78 Å². The summed E-state index contributed by atoms with van der Waals surface area (Å²) in [4.78, 5) is 12.1. The summed E-state index contributed by atoms with van der Waals surface area (Å²) in [5.74, 6) is 1.98. The molecule has 1 fully saturated rings. The van der Waals surface area contributed by atoms with Crippen LogP contribution in [0.5, 0.6) is 5.75 Å². The standard InChI is InChI=1S/C17H24O2/c1-3-4-11-19-15-8-6-14(7-9-15)16-10-5-13(2)12-17(16)18/h6-9,13,16H,3-5,10-12H2,1-2H3. The highest BCUT2D eigenvalue weighted by molar-refractivity contribution is 5.86. The highest BCUT2D eigenvalue weighted by atomic mass is 16.5. The van der Waals surface area contributed by atoms with Gasteiger partial charge in [-0.1, -0.05) is 32.4 Å². The van der Waals surface area contributed by atoms with Crippen molar-refractivity contribution in [3.05, 3.63) is 29.8 Å². The van der Waals surface area contributed by atoms with E-state index in [0.29, 0.717) is 11.7 Å². The molecule has 0 radical (unpaired) electrons. The van der Waals surface area contributed by atoms with Gasteiger partial charge >= 0.3 is 0 Å². The zero-order valence-electron chi connectivity index (χ0n) is 12.0. The number of unbranched alkanes of at least 4 members (excludes halogenated alkanes) is 1. The Morgan fingerprint density at radius 3 is 2.58 bits per heavy atom. The Kier molecular flexibility index (Phi) is 5.00. The van der Waals surface area contributed by atoms with Gasteiger partial charge in [0.1, 0.15) is 11.5 Å². The largest absolute Gasteiger partial charge is 0.494 e. The molecule has 0 aromatic heterocycles. The molecule has 0 N–H and O–H groups in total. The fourth-order valence-corrected chi connectivity index (χ4v) is 2.68. The van der Waals surface area contributed by atoms with Gasteiger partial charge in [0.05, 0.1) is 6.61 Å². The molecule has 0 amide bonds. The Balaban J connectivity index is 1.96. The topological polar surface area (TPSA) is 26.3 Å². The lowest BCUT2D eigenvalue weighted by Gasteiger charge is -2.25. The second-order valence-electron chi connectivity index (χ2n) is 5.68. The first-order valence-corrected chi connectivity index (χ1v) is 7.46. The van der Waals surface area contributed by atoms with Crippen molar-refractivity contribution in [3.8, 4) is 5.75 Å². The van der Waals surface area contributed by atoms with Crippen molar-refractivity contribution in [2.45, 2.75) is 51.9 Å². The van der Waals surface area contributed by atoms with Crippen molar-refractivity contribution in [2.24, 2.45) is 5.92 Å². The maximum Gasteiger partial charge on any atom is 0.140 e. The van der Waals surface area contributed by atoms with Gasteiger partial charge in [-0.15, -0.1) is 0 Å². The summed E-state index contributed by atoms with van der Waals surface area (Å²) < 4.78 is 5.65. The summed E-state index contributed by atoms with van der Waals surface area (Å²) in [6.45, 7) is 5.09. The first-order chi connectivity index (χ1) is 9.20. The molecular weight excluding hydrogens is 236 g/mol. The van der Waals surface area contributed by atoms with Crippen LogP contribution in [0.2, 0.25) is 0 Å². The van der Waals surface area contributed by atoms with E-state index < -0.39 is 0 Å². The Hall–Kier alpha value is -1.31. The molecule has 0 bridgehead atoms. The fraction of sp³-hybridized carbons (Fsp3) is 0.588. The molecule has 0 saturated heterocycles. The first kappa shape index (κ1) is 14.1. The summed E-state index contributed by atoms with van der Waals surface area (Å²) in [5.41, 5.74) is 1.15. The predicted octanol–water partition coefficient (Wildman–Crippen LogP) is 4.34. The minimum atomic E-state index is 0.112. The summed E-state index contributed by atoms with van der Waals surface area (Å²) in [5, 5.41) is 0. The van der Waals surface area contributed by atoms with Gasteiger partial charge in [-0.2, -0.15) is 0 Å². The van der Waals surface area contributed by atoms with Crippen molar-refractivity contribution in [1.29, 1.82) is 0 Å². The Morgan fingerprint density at radius 2 is 1.95 bits per heavy atom. The van der Waals surface area contributed by atoms with Crippen LogP contribution in [0.4, 0.5) is 0 Å². The zero-order valence-corrected chi connectivity index (χ0v) is 12.0. The molecule has 0 heterocycles. The second-order valence-corrected chi connectivity index (χ2v) is 5.68. The number of ether oxygens (including phenoxy) is 1. The van der Waals surface area contributed by atoms with E-state index >= 15 is 0 Å². The van der Waals surface area contributed by atoms with Crippen LogP contribution < -0.4 is 4.74 Å². The van der Waals surface area contributed by atoms with E-state index in [2.05, 4.69) is 26.0 Å². The van der Waals surface area contributed by atoms with Gasteiger partial charge in [-0.3, -0.25) is 4.79 Å². The number of rotatable bonds is 5. The van der Waals surface area contributed by atoms with Crippen LogP contribution in [-0.4, -0.2) is 12.4 Å². The van der Waals surface area contributed by atoms with Gasteiger partial charge in [-0.05, 0) is 42.9 Å². The fourth-order valence-electron chi connectivity index (χ4n) is 2.68. The van der Waals surface area contributed by atoms with Gasteiger partial charge in [-0.25, -0.2) is 0 Å². The van der Waals surface area contributed by atoms with Gasteiger partial charge in [0.2, 0.25) is 0 Å². The second kappa shape index (κ2) is 6.74. The maximum atomic E-state index is 12.1. The maximum absolute atomic E-state index is 12.1. The van der Waals surface area contributed by atoms with Crippen LogP contribution in [0, 0.1) is 5.92 Å². The van der Waals surface area contributed by atoms with Crippen LogP contribution in [0.1, 0.15) is 57.4 Å². The van der Waals surface area contributed by atoms with Crippen LogP contribution in [0.3, 0.4) is 0 Å². The molecule has 0 spiro atoms. The Labute approximate surface area is 116 Å². The number of Topliss-reactive ketones (excluding diaryl/α,β-unsaturated/α-hetero) is 1. The van der Waals surface area contributed by atoms with Crippen molar-refractivity contribution < 1.29 is 9.53 Å². The van der Waals surface area contributed by atoms with E-state index in [1.54, 1.807) is 0 Å². The van der Waals surface area contributed by atoms with E-state index in [9.17, 15) is 4.79 Å². The monoisotopic (exact) mass is 260 g/mol. The third kappa shape index (κ3) is 3.82. The molecule has 2 rings (SSSR count). The van der Waals surface area contributed by atoms with Crippen LogP contribution in [-0.2, 0) is 4.79 Å². The molecule has 1 aromatic rings. The minimum Gasteiger partial charge on any atom is -0.494 e. The van der Waals surface area contributed by atoms with Gasteiger partial charge in [0, 0.05) is 12.3 Å². The van der Waals surface area contributed by atoms with Crippen LogP contribution in [0.15, 0.2) is 24.3 Å². The Bertz CT molecular complexity index is 408.